The molecule has 0 saturated heterocycles. The van der Waals surface area contributed by atoms with Crippen LogP contribution in [0.25, 0.3) is 10.8 Å². The SMILES string of the molecule is CCc1c(N)nnn1Cc1nc(-c2cccs2)oc1C. The maximum absolute atomic E-state index is 5.79. The summed E-state index contributed by atoms with van der Waals surface area (Å²) in [6, 6.07) is 3.97. The minimum absolute atomic E-state index is 0.479. The Morgan fingerprint density at radius 1 is 1.45 bits per heavy atom. The molecule has 0 bridgehead atoms. The molecule has 3 heterocycles. The van der Waals surface area contributed by atoms with E-state index in [2.05, 4.69) is 15.3 Å². The summed E-state index contributed by atoms with van der Waals surface area (Å²) in [4.78, 5) is 5.57. The summed E-state index contributed by atoms with van der Waals surface area (Å²) >= 11 is 1.61. The van der Waals surface area contributed by atoms with Crippen molar-refractivity contribution in [2.24, 2.45) is 0 Å². The molecule has 3 rings (SSSR count). The number of anilines is 1. The molecule has 0 radical (unpaired) electrons. The average molecular weight is 289 g/mol. The van der Waals surface area contributed by atoms with Gasteiger partial charge in [-0.2, -0.15) is 0 Å². The number of nitrogens with two attached hydrogens (primary N) is 1. The van der Waals surface area contributed by atoms with Crippen LogP contribution in [-0.4, -0.2) is 20.0 Å². The van der Waals surface area contributed by atoms with Gasteiger partial charge in [0.05, 0.1) is 17.1 Å². The van der Waals surface area contributed by atoms with Crippen LogP contribution in [-0.2, 0) is 13.0 Å². The van der Waals surface area contributed by atoms with Crippen LogP contribution in [0.15, 0.2) is 21.9 Å². The standard InChI is InChI=1S/C13H15N5OS/c1-3-10-12(14)16-17-18(10)7-9-8(2)19-13(15-9)11-5-4-6-20-11/h4-6H,3,7,14H2,1-2H3. The van der Waals surface area contributed by atoms with E-state index in [1.54, 1.807) is 16.0 Å². The summed E-state index contributed by atoms with van der Waals surface area (Å²) in [5, 5.41) is 9.96. The van der Waals surface area contributed by atoms with Gasteiger partial charge >= 0.3 is 0 Å². The van der Waals surface area contributed by atoms with Crippen LogP contribution in [0.4, 0.5) is 5.82 Å². The Kier molecular flexibility index (Phi) is 3.27. The van der Waals surface area contributed by atoms with E-state index in [1.807, 2.05) is 31.4 Å². The van der Waals surface area contributed by atoms with Gasteiger partial charge in [0.2, 0.25) is 5.89 Å². The number of thiophene rings is 1. The predicted molar refractivity (Wildman–Crippen MR) is 77.5 cm³/mol. The summed E-state index contributed by atoms with van der Waals surface area (Å²) < 4.78 is 7.49. The van der Waals surface area contributed by atoms with Crippen molar-refractivity contribution in [3.05, 3.63) is 34.7 Å². The zero-order chi connectivity index (χ0) is 14.1. The smallest absolute Gasteiger partial charge is 0.236 e. The maximum atomic E-state index is 5.79. The van der Waals surface area contributed by atoms with Crippen LogP contribution in [0.5, 0.6) is 0 Å². The molecule has 0 aromatic carbocycles. The molecule has 0 atom stereocenters. The zero-order valence-corrected chi connectivity index (χ0v) is 12.1. The number of nitrogen functional groups attached to an aromatic ring is 1. The Hall–Kier alpha value is -2.15. The van der Waals surface area contributed by atoms with Gasteiger partial charge in [0.15, 0.2) is 5.82 Å². The van der Waals surface area contributed by atoms with Crippen molar-refractivity contribution in [2.45, 2.75) is 26.8 Å². The molecule has 3 aromatic heterocycles. The first-order valence-corrected chi connectivity index (χ1v) is 7.25. The summed E-state index contributed by atoms with van der Waals surface area (Å²) in [6.45, 7) is 4.46. The van der Waals surface area contributed by atoms with E-state index in [-0.39, 0.29) is 0 Å². The minimum Gasteiger partial charge on any atom is -0.440 e. The van der Waals surface area contributed by atoms with E-state index < -0.39 is 0 Å². The average Bonchev–Trinajstić information content (AvgIpc) is 3.12. The van der Waals surface area contributed by atoms with Crippen molar-refractivity contribution < 1.29 is 4.42 Å². The number of rotatable bonds is 4. The van der Waals surface area contributed by atoms with Gasteiger partial charge in [-0.3, -0.25) is 0 Å². The molecule has 0 fully saturated rings. The van der Waals surface area contributed by atoms with E-state index >= 15 is 0 Å². The lowest BCUT2D eigenvalue weighted by Crippen LogP contribution is -2.07. The number of hydrogen-bond donors (Lipinski definition) is 1. The van der Waals surface area contributed by atoms with Gasteiger partial charge in [-0.25, -0.2) is 9.67 Å². The van der Waals surface area contributed by atoms with Crippen LogP contribution in [0, 0.1) is 6.92 Å². The zero-order valence-electron chi connectivity index (χ0n) is 11.3. The first kappa shape index (κ1) is 12.9. The lowest BCUT2D eigenvalue weighted by molar-refractivity contribution is 0.534. The summed E-state index contributed by atoms with van der Waals surface area (Å²) in [7, 11) is 0. The Morgan fingerprint density at radius 2 is 2.30 bits per heavy atom. The van der Waals surface area contributed by atoms with Crippen LogP contribution in [0.1, 0.15) is 24.1 Å². The maximum Gasteiger partial charge on any atom is 0.236 e. The Morgan fingerprint density at radius 3 is 3.00 bits per heavy atom. The lowest BCUT2D eigenvalue weighted by Gasteiger charge is -2.02. The lowest BCUT2D eigenvalue weighted by atomic mass is 10.3. The van der Waals surface area contributed by atoms with E-state index in [4.69, 9.17) is 10.2 Å². The molecule has 0 aliphatic rings. The van der Waals surface area contributed by atoms with Crippen LogP contribution in [0.2, 0.25) is 0 Å². The molecule has 0 aliphatic heterocycles. The molecule has 0 amide bonds. The second-order valence-electron chi connectivity index (χ2n) is 4.43. The number of aryl methyl sites for hydroxylation is 1. The van der Waals surface area contributed by atoms with Gasteiger partial charge in [-0.1, -0.05) is 18.2 Å². The third-order valence-corrected chi connectivity index (χ3v) is 3.98. The van der Waals surface area contributed by atoms with Gasteiger partial charge in [0.1, 0.15) is 11.5 Å². The fraction of sp³-hybridized carbons (Fsp3) is 0.308. The molecule has 7 heteroatoms. The highest BCUT2D eigenvalue weighted by atomic mass is 32.1. The van der Waals surface area contributed by atoms with Gasteiger partial charge < -0.3 is 10.2 Å². The Labute approximate surface area is 120 Å². The predicted octanol–water partition coefficient (Wildman–Crippen LogP) is 2.50. The van der Waals surface area contributed by atoms with E-state index in [9.17, 15) is 0 Å². The molecule has 2 N–H and O–H groups in total. The fourth-order valence-corrected chi connectivity index (χ4v) is 2.71. The minimum atomic E-state index is 0.479. The van der Waals surface area contributed by atoms with E-state index in [1.165, 1.54) is 0 Å². The number of oxazole rings is 1. The molecule has 0 aliphatic carbocycles. The monoisotopic (exact) mass is 289 g/mol. The second-order valence-corrected chi connectivity index (χ2v) is 5.38. The first-order chi connectivity index (χ1) is 9.69. The second kappa shape index (κ2) is 5.09. The Bertz CT molecular complexity index is 713. The van der Waals surface area contributed by atoms with E-state index in [0.29, 0.717) is 18.3 Å². The number of nitrogens with zero attached hydrogens (tertiary/aromatic N) is 4. The van der Waals surface area contributed by atoms with Gasteiger partial charge in [-0.15, -0.1) is 16.4 Å². The van der Waals surface area contributed by atoms with E-state index in [0.717, 1.165) is 28.4 Å². The molecule has 104 valence electrons. The third kappa shape index (κ3) is 2.20. The molecule has 0 saturated carbocycles. The molecular weight excluding hydrogens is 274 g/mol. The number of hydrogen-bond acceptors (Lipinski definition) is 6. The molecular formula is C13H15N5OS. The van der Waals surface area contributed by atoms with Gasteiger partial charge in [-0.05, 0) is 24.8 Å². The van der Waals surface area contributed by atoms with Gasteiger partial charge in [0.25, 0.3) is 0 Å². The highest BCUT2D eigenvalue weighted by Gasteiger charge is 2.15. The van der Waals surface area contributed by atoms with Crippen LogP contribution < -0.4 is 5.73 Å². The van der Waals surface area contributed by atoms with Crippen molar-refractivity contribution in [3.8, 4) is 10.8 Å². The largest absolute Gasteiger partial charge is 0.440 e. The fourth-order valence-electron chi connectivity index (χ4n) is 2.06. The topological polar surface area (TPSA) is 82.8 Å². The molecule has 0 unspecified atom stereocenters. The summed E-state index contributed by atoms with van der Waals surface area (Å²) in [5.74, 6) is 1.93. The van der Waals surface area contributed by atoms with Crippen molar-refractivity contribution in [1.82, 2.24) is 20.0 Å². The number of aromatic nitrogens is 4. The molecule has 3 aromatic rings. The highest BCUT2D eigenvalue weighted by Crippen LogP contribution is 2.26. The quantitative estimate of drug-likeness (QED) is 0.798. The van der Waals surface area contributed by atoms with Gasteiger partial charge in [0, 0.05) is 0 Å². The Balaban J connectivity index is 1.91. The van der Waals surface area contributed by atoms with Crippen LogP contribution >= 0.6 is 11.3 Å². The van der Waals surface area contributed by atoms with Crippen LogP contribution in [0.3, 0.4) is 0 Å². The normalized spacial score (nSPS) is 11.1. The highest BCUT2D eigenvalue weighted by molar-refractivity contribution is 7.13. The summed E-state index contributed by atoms with van der Waals surface area (Å²) in [5.41, 5.74) is 7.57. The molecule has 20 heavy (non-hydrogen) atoms. The van der Waals surface area contributed by atoms with Crippen molar-refractivity contribution in [1.29, 1.82) is 0 Å². The van der Waals surface area contributed by atoms with Crippen molar-refractivity contribution in [2.75, 3.05) is 5.73 Å². The van der Waals surface area contributed by atoms with Crippen molar-refractivity contribution in [3.63, 3.8) is 0 Å². The van der Waals surface area contributed by atoms with Crippen molar-refractivity contribution >= 4 is 17.2 Å². The third-order valence-electron chi connectivity index (χ3n) is 3.13. The molecule has 0 spiro atoms. The molecule has 6 nitrogen and oxygen atoms in total. The first-order valence-electron chi connectivity index (χ1n) is 6.37. The summed E-state index contributed by atoms with van der Waals surface area (Å²) in [6.07, 6.45) is 0.785.